The molecule has 1 aliphatic rings. The molecule has 1 atom stereocenters. The van der Waals surface area contributed by atoms with Crippen LogP contribution in [0, 0.1) is 0 Å². The van der Waals surface area contributed by atoms with Crippen LogP contribution < -0.4 is 19.6 Å². The number of carbonyl (C=O) groups excluding carboxylic acids is 1. The molecular formula is C31H26Cl2N2O4S. The highest BCUT2D eigenvalue weighted by Gasteiger charge is 2.33. The van der Waals surface area contributed by atoms with Gasteiger partial charge in [0.1, 0.15) is 12.4 Å². The van der Waals surface area contributed by atoms with Crippen molar-refractivity contribution in [3.63, 3.8) is 0 Å². The summed E-state index contributed by atoms with van der Waals surface area (Å²) in [6.07, 6.45) is 1.41. The third-order valence-electron chi connectivity index (χ3n) is 6.27. The van der Waals surface area contributed by atoms with E-state index in [0.29, 0.717) is 43.0 Å². The van der Waals surface area contributed by atoms with Crippen molar-refractivity contribution in [2.45, 2.75) is 39.5 Å². The van der Waals surface area contributed by atoms with Crippen LogP contribution in [0.5, 0.6) is 5.75 Å². The van der Waals surface area contributed by atoms with Crippen LogP contribution in [-0.4, -0.2) is 16.6 Å². The largest absolute Gasteiger partial charge is 0.489 e. The lowest BCUT2D eigenvalue weighted by atomic mass is 9.96. The van der Waals surface area contributed by atoms with Crippen molar-refractivity contribution in [2.24, 2.45) is 4.99 Å². The Bertz CT molecular complexity index is 1770. The smallest absolute Gasteiger partial charge is 0.338 e. The van der Waals surface area contributed by atoms with Crippen molar-refractivity contribution in [1.82, 2.24) is 4.57 Å². The van der Waals surface area contributed by atoms with Crippen LogP contribution in [0.4, 0.5) is 0 Å². The van der Waals surface area contributed by atoms with Crippen molar-refractivity contribution < 1.29 is 14.3 Å². The van der Waals surface area contributed by atoms with Gasteiger partial charge in [0.2, 0.25) is 0 Å². The molecule has 2 heterocycles. The van der Waals surface area contributed by atoms with Gasteiger partial charge in [-0.1, -0.05) is 83.1 Å². The van der Waals surface area contributed by atoms with Crippen LogP contribution in [0.25, 0.3) is 6.08 Å². The molecule has 4 aromatic rings. The zero-order valence-electron chi connectivity index (χ0n) is 22.1. The summed E-state index contributed by atoms with van der Waals surface area (Å²) >= 11 is 13.5. The van der Waals surface area contributed by atoms with E-state index in [1.807, 2.05) is 54.6 Å². The lowest BCUT2D eigenvalue weighted by molar-refractivity contribution is -0.143. The van der Waals surface area contributed by atoms with Crippen molar-refractivity contribution in [1.29, 1.82) is 0 Å². The number of hydrogen-bond acceptors (Lipinski definition) is 6. The molecule has 1 unspecified atom stereocenters. The normalized spacial score (nSPS) is 15.2. The molecule has 0 spiro atoms. The van der Waals surface area contributed by atoms with E-state index in [2.05, 4.69) is 4.99 Å². The number of rotatable bonds is 7. The highest BCUT2D eigenvalue weighted by molar-refractivity contribution is 7.07. The number of allylic oxidation sites excluding steroid dienone is 1. The van der Waals surface area contributed by atoms with Crippen LogP contribution >= 0.6 is 34.5 Å². The number of ether oxygens (including phenoxy) is 2. The Hall–Kier alpha value is -3.65. The summed E-state index contributed by atoms with van der Waals surface area (Å²) in [6, 6.07) is 21.7. The highest BCUT2D eigenvalue weighted by atomic mass is 35.5. The third-order valence-corrected chi connectivity index (χ3v) is 7.99. The maximum Gasteiger partial charge on any atom is 0.338 e. The van der Waals surface area contributed by atoms with Gasteiger partial charge in [-0.15, -0.1) is 0 Å². The third kappa shape index (κ3) is 5.92. The summed E-state index contributed by atoms with van der Waals surface area (Å²) in [4.78, 5) is 32.2. The van der Waals surface area contributed by atoms with Gasteiger partial charge in [0.15, 0.2) is 4.80 Å². The molecule has 5 rings (SSSR count). The molecule has 9 heteroatoms. The number of carbonyl (C=O) groups is 1. The van der Waals surface area contributed by atoms with Crippen molar-refractivity contribution in [3.05, 3.63) is 130 Å². The van der Waals surface area contributed by atoms with Gasteiger partial charge < -0.3 is 9.47 Å². The zero-order chi connectivity index (χ0) is 28.4. The molecule has 0 saturated heterocycles. The average Bonchev–Trinajstić information content (AvgIpc) is 3.23. The Balaban J connectivity index is 1.57. The van der Waals surface area contributed by atoms with E-state index in [4.69, 9.17) is 32.7 Å². The molecule has 1 aliphatic heterocycles. The molecule has 0 saturated carbocycles. The average molecular weight is 594 g/mol. The Labute approximate surface area is 245 Å². The number of esters is 1. The fourth-order valence-electron chi connectivity index (χ4n) is 4.42. The second kappa shape index (κ2) is 11.8. The first-order chi connectivity index (χ1) is 19.2. The number of nitrogens with zero attached hydrogens (tertiary/aromatic N) is 2. The standard InChI is InChI=1S/C31H26Cl2N2O4S/c1-18(2)39-30(37)27-19(3)34-31-35(29(36)26(40-31)16-21-9-14-24(32)25(33)15-21)28(27)22-10-12-23(13-11-22)38-17-20-7-5-4-6-8-20/h4-16,18,28H,17H2,1-3H3/b26-16-. The van der Waals surface area contributed by atoms with E-state index < -0.39 is 12.0 Å². The molecule has 0 radical (unpaired) electrons. The topological polar surface area (TPSA) is 69.9 Å². The highest BCUT2D eigenvalue weighted by Crippen LogP contribution is 2.32. The lowest BCUT2D eigenvalue weighted by Gasteiger charge is -2.25. The first-order valence-electron chi connectivity index (χ1n) is 12.7. The van der Waals surface area contributed by atoms with E-state index >= 15 is 0 Å². The SMILES string of the molecule is CC1=C(C(=O)OC(C)C)C(c2ccc(OCc3ccccc3)cc2)n2c(s/c(=C\c3ccc(Cl)c(Cl)c3)c2=O)=N1. The van der Waals surface area contributed by atoms with Crippen molar-refractivity contribution >= 4 is 46.6 Å². The van der Waals surface area contributed by atoms with Gasteiger partial charge in [0.25, 0.3) is 5.56 Å². The van der Waals surface area contributed by atoms with Gasteiger partial charge in [-0.3, -0.25) is 9.36 Å². The predicted molar refractivity (Wildman–Crippen MR) is 159 cm³/mol. The van der Waals surface area contributed by atoms with Gasteiger partial charge in [0, 0.05) is 0 Å². The summed E-state index contributed by atoms with van der Waals surface area (Å²) in [6.45, 7) is 5.76. The van der Waals surface area contributed by atoms with Crippen LogP contribution in [-0.2, 0) is 16.1 Å². The van der Waals surface area contributed by atoms with Gasteiger partial charge in [-0.2, -0.15) is 0 Å². The molecule has 0 N–H and O–H groups in total. The van der Waals surface area contributed by atoms with E-state index in [0.717, 1.165) is 16.7 Å². The van der Waals surface area contributed by atoms with E-state index in [-0.39, 0.29) is 11.7 Å². The van der Waals surface area contributed by atoms with E-state index in [1.165, 1.54) is 11.3 Å². The van der Waals surface area contributed by atoms with Gasteiger partial charge >= 0.3 is 5.97 Å². The van der Waals surface area contributed by atoms with Gasteiger partial charge in [-0.05, 0) is 67.8 Å². The molecule has 0 aliphatic carbocycles. The molecule has 3 aromatic carbocycles. The van der Waals surface area contributed by atoms with Crippen LogP contribution in [0.3, 0.4) is 0 Å². The predicted octanol–water partition coefficient (Wildman–Crippen LogP) is 6.07. The zero-order valence-corrected chi connectivity index (χ0v) is 24.4. The molecule has 0 amide bonds. The number of fused-ring (bicyclic) bond motifs is 1. The summed E-state index contributed by atoms with van der Waals surface area (Å²) in [5.74, 6) is 0.163. The van der Waals surface area contributed by atoms with E-state index in [1.54, 1.807) is 49.6 Å². The fourth-order valence-corrected chi connectivity index (χ4v) is 5.77. The number of thiazole rings is 1. The lowest BCUT2D eigenvalue weighted by Crippen LogP contribution is -2.40. The van der Waals surface area contributed by atoms with Crippen molar-refractivity contribution in [3.8, 4) is 5.75 Å². The summed E-state index contributed by atoms with van der Waals surface area (Å²) in [5, 5.41) is 0.825. The summed E-state index contributed by atoms with van der Waals surface area (Å²) in [5.41, 5.74) is 3.07. The molecule has 0 bridgehead atoms. The second-order valence-corrected chi connectivity index (χ2v) is 11.4. The number of benzene rings is 3. The molecule has 1 aromatic heterocycles. The molecule has 204 valence electrons. The van der Waals surface area contributed by atoms with Gasteiger partial charge in [0.05, 0.1) is 38.0 Å². The Morgan fingerprint density at radius 3 is 2.45 bits per heavy atom. The molecule has 0 fully saturated rings. The quantitative estimate of drug-likeness (QED) is 0.244. The monoisotopic (exact) mass is 592 g/mol. The fraction of sp³-hybridized carbons (Fsp3) is 0.194. The number of halogens is 2. The van der Waals surface area contributed by atoms with E-state index in [9.17, 15) is 9.59 Å². The van der Waals surface area contributed by atoms with Crippen LogP contribution in [0.1, 0.15) is 43.5 Å². The van der Waals surface area contributed by atoms with Crippen LogP contribution in [0.2, 0.25) is 10.0 Å². The Morgan fingerprint density at radius 1 is 1.05 bits per heavy atom. The van der Waals surface area contributed by atoms with Gasteiger partial charge in [-0.25, -0.2) is 9.79 Å². The first-order valence-corrected chi connectivity index (χ1v) is 14.2. The summed E-state index contributed by atoms with van der Waals surface area (Å²) < 4.78 is 13.5. The minimum atomic E-state index is -0.721. The van der Waals surface area contributed by atoms with Crippen molar-refractivity contribution in [2.75, 3.05) is 0 Å². The molecule has 40 heavy (non-hydrogen) atoms. The Kier molecular flexibility index (Phi) is 8.26. The maximum absolute atomic E-state index is 13.8. The second-order valence-electron chi connectivity index (χ2n) is 9.55. The minimum absolute atomic E-state index is 0.272. The Morgan fingerprint density at radius 2 is 1.77 bits per heavy atom. The number of hydrogen-bond donors (Lipinski definition) is 0. The maximum atomic E-state index is 13.8. The van der Waals surface area contributed by atoms with Crippen LogP contribution in [0.15, 0.2) is 93.9 Å². The first kappa shape index (κ1) is 27.9. The molecular weight excluding hydrogens is 567 g/mol. The minimum Gasteiger partial charge on any atom is -0.489 e. The summed E-state index contributed by atoms with van der Waals surface area (Å²) in [7, 11) is 0. The number of aromatic nitrogens is 1. The molecule has 6 nitrogen and oxygen atoms in total.